The van der Waals surface area contributed by atoms with Crippen molar-refractivity contribution in [2.75, 3.05) is 21.3 Å². The van der Waals surface area contributed by atoms with Crippen LogP contribution in [0.1, 0.15) is 5.56 Å². The summed E-state index contributed by atoms with van der Waals surface area (Å²) in [5.74, 6) is 1.51. The number of rotatable bonds is 9. The van der Waals surface area contributed by atoms with Crippen molar-refractivity contribution in [3.8, 4) is 28.4 Å². The van der Waals surface area contributed by atoms with E-state index in [9.17, 15) is 13.0 Å². The fourth-order valence-electron chi connectivity index (χ4n) is 4.25. The van der Waals surface area contributed by atoms with Gasteiger partial charge in [0.25, 0.3) is 10.1 Å². The quantitative estimate of drug-likeness (QED) is 0.257. The Morgan fingerprint density at radius 1 is 0.639 bits per heavy atom. The highest BCUT2D eigenvalue weighted by atomic mass is 32.2. The first-order chi connectivity index (χ1) is 17.4. The second kappa shape index (κ2) is 11.1. The van der Waals surface area contributed by atoms with Gasteiger partial charge in [0.15, 0.2) is 0 Å². The minimum atomic E-state index is -4.26. The van der Waals surface area contributed by atoms with E-state index in [4.69, 9.17) is 14.2 Å². The highest BCUT2D eigenvalue weighted by Gasteiger charge is 2.28. The maximum absolute atomic E-state index is 11.9. The van der Waals surface area contributed by atoms with Crippen LogP contribution in [0, 0.1) is 0 Å². The molecule has 4 aromatic carbocycles. The molecule has 186 valence electrons. The van der Waals surface area contributed by atoms with Gasteiger partial charge >= 0.3 is 0 Å². The lowest BCUT2D eigenvalue weighted by Gasteiger charge is -2.26. The Labute approximate surface area is 213 Å². The third-order valence-corrected chi connectivity index (χ3v) is 9.06. The average Bonchev–Trinajstić information content (AvgIpc) is 2.89. The van der Waals surface area contributed by atoms with Crippen molar-refractivity contribution >= 4 is 34.0 Å². The number of methoxy groups -OCH3 is 3. The van der Waals surface area contributed by atoms with Crippen molar-refractivity contribution in [3.05, 3.63) is 96.6 Å². The molecule has 0 saturated heterocycles. The summed E-state index contributed by atoms with van der Waals surface area (Å²) in [5, 5.41) is 2.68. The van der Waals surface area contributed by atoms with Crippen LogP contribution in [-0.2, 0) is 15.9 Å². The number of benzene rings is 4. The van der Waals surface area contributed by atoms with Crippen LogP contribution >= 0.6 is 7.92 Å². The monoisotopic (exact) mass is 522 g/mol. The van der Waals surface area contributed by atoms with Gasteiger partial charge in [0.1, 0.15) is 23.0 Å². The fraction of sp³-hybridized carbons (Fsp3) is 0.143. The molecule has 4 rings (SSSR count). The number of para-hydroxylation sites is 1. The van der Waals surface area contributed by atoms with Crippen molar-refractivity contribution in [2.45, 2.75) is 5.75 Å². The molecule has 0 fully saturated rings. The molecule has 0 spiro atoms. The SMILES string of the molecule is COc1ccccc1P(c1ccccc1CS(=O)(=O)O)c1ccccc1-c1c(OC)cccc1OC. The smallest absolute Gasteiger partial charge is 0.269 e. The summed E-state index contributed by atoms with van der Waals surface area (Å²) >= 11 is 0. The van der Waals surface area contributed by atoms with Crippen molar-refractivity contribution in [2.24, 2.45) is 0 Å². The van der Waals surface area contributed by atoms with E-state index in [-0.39, 0.29) is 0 Å². The Kier molecular flexibility index (Phi) is 7.94. The molecule has 6 nitrogen and oxygen atoms in total. The molecule has 0 aliphatic rings. The lowest BCUT2D eigenvalue weighted by Crippen LogP contribution is -2.26. The van der Waals surface area contributed by atoms with Crippen molar-refractivity contribution < 1.29 is 27.2 Å². The third kappa shape index (κ3) is 5.39. The zero-order valence-electron chi connectivity index (χ0n) is 20.2. The molecule has 8 heteroatoms. The predicted octanol–water partition coefficient (Wildman–Crippen LogP) is 4.53. The molecular weight excluding hydrogens is 495 g/mol. The van der Waals surface area contributed by atoms with Crippen molar-refractivity contribution in [1.82, 2.24) is 0 Å². The topological polar surface area (TPSA) is 82.1 Å². The Hall–Kier alpha value is -3.38. The summed E-state index contributed by atoms with van der Waals surface area (Å²) in [5.41, 5.74) is 2.22. The molecule has 0 heterocycles. The molecule has 0 saturated carbocycles. The van der Waals surface area contributed by atoms with E-state index in [1.165, 1.54) is 0 Å². The van der Waals surface area contributed by atoms with E-state index in [1.54, 1.807) is 33.5 Å². The Bertz CT molecular complexity index is 1450. The lowest BCUT2D eigenvalue weighted by molar-refractivity contribution is 0.397. The maximum atomic E-state index is 11.9. The van der Waals surface area contributed by atoms with Crippen LogP contribution in [0.5, 0.6) is 17.2 Å². The van der Waals surface area contributed by atoms with Crippen LogP contribution in [0.4, 0.5) is 0 Å². The zero-order chi connectivity index (χ0) is 25.7. The third-order valence-electron chi connectivity index (χ3n) is 5.74. The van der Waals surface area contributed by atoms with Gasteiger partial charge in [-0.15, -0.1) is 0 Å². The van der Waals surface area contributed by atoms with Crippen LogP contribution in [0.3, 0.4) is 0 Å². The fourth-order valence-corrected chi connectivity index (χ4v) is 7.74. The van der Waals surface area contributed by atoms with E-state index >= 15 is 0 Å². The van der Waals surface area contributed by atoms with Crippen LogP contribution in [-0.4, -0.2) is 34.3 Å². The van der Waals surface area contributed by atoms with Gasteiger partial charge in [-0.3, -0.25) is 4.55 Å². The molecule has 0 amide bonds. The van der Waals surface area contributed by atoms with Gasteiger partial charge in [-0.05, 0) is 47.9 Å². The van der Waals surface area contributed by atoms with Crippen LogP contribution in [0.15, 0.2) is 91.0 Å². The molecular formula is C28H27O6PS. The lowest BCUT2D eigenvalue weighted by atomic mass is 10.0. The van der Waals surface area contributed by atoms with Crippen LogP contribution < -0.4 is 30.1 Å². The molecule has 0 radical (unpaired) electrons. The van der Waals surface area contributed by atoms with Crippen molar-refractivity contribution in [3.63, 3.8) is 0 Å². The second-order valence-electron chi connectivity index (χ2n) is 7.92. The molecule has 0 aliphatic heterocycles. The minimum absolute atomic E-state index is 0.489. The summed E-state index contributed by atoms with van der Waals surface area (Å²) in [6.45, 7) is 0. The van der Waals surface area contributed by atoms with E-state index in [0.29, 0.717) is 22.8 Å². The van der Waals surface area contributed by atoms with E-state index in [1.807, 2.05) is 78.9 Å². The minimum Gasteiger partial charge on any atom is -0.496 e. The maximum Gasteiger partial charge on any atom is 0.269 e. The Morgan fingerprint density at radius 3 is 1.75 bits per heavy atom. The normalized spacial score (nSPS) is 12.1. The largest absolute Gasteiger partial charge is 0.496 e. The first kappa shape index (κ1) is 25.7. The Balaban J connectivity index is 2.08. The van der Waals surface area contributed by atoms with Gasteiger partial charge in [-0.1, -0.05) is 72.8 Å². The first-order valence-corrected chi connectivity index (χ1v) is 14.1. The number of hydrogen-bond donors (Lipinski definition) is 1. The molecule has 1 N–H and O–H groups in total. The summed E-state index contributed by atoms with van der Waals surface area (Å²) in [6, 6.07) is 28.6. The summed E-state index contributed by atoms with van der Waals surface area (Å²) in [6.07, 6.45) is 0. The summed E-state index contributed by atoms with van der Waals surface area (Å²) < 4.78 is 50.7. The summed E-state index contributed by atoms with van der Waals surface area (Å²) in [4.78, 5) is 0. The molecule has 4 aromatic rings. The van der Waals surface area contributed by atoms with Gasteiger partial charge in [0, 0.05) is 5.30 Å². The average molecular weight is 523 g/mol. The van der Waals surface area contributed by atoms with E-state index in [0.717, 1.165) is 27.0 Å². The molecule has 36 heavy (non-hydrogen) atoms. The molecule has 1 atom stereocenters. The van der Waals surface area contributed by atoms with Gasteiger partial charge in [-0.2, -0.15) is 8.42 Å². The molecule has 0 aliphatic carbocycles. The Morgan fingerprint density at radius 2 is 1.14 bits per heavy atom. The van der Waals surface area contributed by atoms with Gasteiger partial charge in [0.05, 0.1) is 26.9 Å². The zero-order valence-corrected chi connectivity index (χ0v) is 21.9. The van der Waals surface area contributed by atoms with E-state index < -0.39 is 23.8 Å². The van der Waals surface area contributed by atoms with E-state index in [2.05, 4.69) is 0 Å². The second-order valence-corrected chi connectivity index (χ2v) is 11.5. The van der Waals surface area contributed by atoms with Gasteiger partial charge < -0.3 is 14.2 Å². The molecule has 0 aromatic heterocycles. The van der Waals surface area contributed by atoms with Gasteiger partial charge in [0.2, 0.25) is 0 Å². The first-order valence-electron chi connectivity index (χ1n) is 11.1. The molecule has 1 unspecified atom stereocenters. The number of ether oxygens (including phenoxy) is 3. The van der Waals surface area contributed by atoms with Gasteiger partial charge in [-0.25, -0.2) is 0 Å². The number of hydrogen-bond acceptors (Lipinski definition) is 5. The predicted molar refractivity (Wildman–Crippen MR) is 145 cm³/mol. The molecule has 0 bridgehead atoms. The highest BCUT2D eigenvalue weighted by molar-refractivity contribution is 7.85. The highest BCUT2D eigenvalue weighted by Crippen LogP contribution is 2.45. The summed E-state index contributed by atoms with van der Waals surface area (Å²) in [7, 11) is -0.746. The standard InChI is InChI=1S/C28H27O6PS/c1-32-22-13-6-9-18-27(22)35(25-16-7-4-11-20(25)19-36(29,30)31)26-17-8-5-12-21(26)28-23(33-2)14-10-15-24(28)34-3/h4-18H,19H2,1-3H3,(H,29,30,31). The van der Waals surface area contributed by atoms with Crippen molar-refractivity contribution in [1.29, 1.82) is 0 Å². The van der Waals surface area contributed by atoms with Crippen LogP contribution in [0.2, 0.25) is 0 Å². The van der Waals surface area contributed by atoms with Crippen LogP contribution in [0.25, 0.3) is 11.1 Å².